The Balaban J connectivity index is 2.21. The van der Waals surface area contributed by atoms with Gasteiger partial charge < -0.3 is 10.6 Å². The Kier molecular flexibility index (Phi) is 3.66. The first-order valence-electron chi connectivity index (χ1n) is 5.79. The topological polar surface area (TPSA) is 42.1 Å². The minimum atomic E-state index is 0.496. The Morgan fingerprint density at radius 1 is 1.56 bits per heavy atom. The zero-order chi connectivity index (χ0) is 11.5. The number of rotatable bonds is 2. The Morgan fingerprint density at radius 2 is 2.38 bits per heavy atom. The van der Waals surface area contributed by atoms with Crippen LogP contribution in [0.25, 0.3) is 0 Å². The molecule has 2 rings (SSSR count). The molecule has 0 bridgehead atoms. The quantitative estimate of drug-likeness (QED) is 0.861. The second-order valence-electron chi connectivity index (χ2n) is 4.49. The van der Waals surface area contributed by atoms with E-state index in [-0.39, 0.29) is 0 Å². The van der Waals surface area contributed by atoms with Crippen LogP contribution in [0, 0.1) is 5.92 Å². The first-order chi connectivity index (χ1) is 7.72. The number of halogens is 1. The highest BCUT2D eigenvalue weighted by molar-refractivity contribution is 6.32. The predicted molar refractivity (Wildman–Crippen MR) is 67.8 cm³/mol. The molecular formula is C12H18ClN3. The summed E-state index contributed by atoms with van der Waals surface area (Å²) in [4.78, 5) is 6.66. The normalized spacial score (nSPS) is 25.8. The number of hydrogen-bond acceptors (Lipinski definition) is 3. The fourth-order valence-electron chi connectivity index (χ4n) is 2.26. The van der Waals surface area contributed by atoms with Gasteiger partial charge in [0.15, 0.2) is 0 Å². The number of nitrogens with zero attached hydrogens (tertiary/aromatic N) is 2. The third-order valence-electron chi connectivity index (χ3n) is 3.32. The number of aromatic nitrogens is 1. The second-order valence-corrected chi connectivity index (χ2v) is 4.90. The van der Waals surface area contributed by atoms with Crippen LogP contribution in [0.1, 0.15) is 19.8 Å². The van der Waals surface area contributed by atoms with Gasteiger partial charge in [0, 0.05) is 18.8 Å². The number of hydrogen-bond donors (Lipinski definition) is 1. The Morgan fingerprint density at radius 3 is 3.06 bits per heavy atom. The van der Waals surface area contributed by atoms with E-state index in [1.165, 1.54) is 6.42 Å². The van der Waals surface area contributed by atoms with Gasteiger partial charge in [0.05, 0.1) is 5.02 Å². The van der Waals surface area contributed by atoms with Gasteiger partial charge in [-0.2, -0.15) is 0 Å². The molecule has 2 heterocycles. The first-order valence-corrected chi connectivity index (χ1v) is 6.17. The molecule has 1 aromatic heterocycles. The molecule has 0 radical (unpaired) electrons. The van der Waals surface area contributed by atoms with Crippen molar-refractivity contribution in [3.63, 3.8) is 0 Å². The van der Waals surface area contributed by atoms with Crippen molar-refractivity contribution in [2.24, 2.45) is 11.7 Å². The molecule has 1 aliphatic rings. The van der Waals surface area contributed by atoms with Crippen LogP contribution < -0.4 is 10.6 Å². The predicted octanol–water partition coefficient (Wildman–Crippen LogP) is 2.30. The van der Waals surface area contributed by atoms with Crippen LogP contribution in [0.15, 0.2) is 18.3 Å². The van der Waals surface area contributed by atoms with Gasteiger partial charge in [-0.05, 0) is 44.4 Å². The van der Waals surface area contributed by atoms with Crippen LogP contribution in [-0.2, 0) is 0 Å². The van der Waals surface area contributed by atoms with Crippen molar-refractivity contribution in [3.8, 4) is 0 Å². The number of piperidine rings is 1. The lowest BCUT2D eigenvalue weighted by Crippen LogP contribution is -2.44. The summed E-state index contributed by atoms with van der Waals surface area (Å²) in [6.07, 6.45) is 4.16. The minimum Gasteiger partial charge on any atom is -0.352 e. The third kappa shape index (κ3) is 2.30. The van der Waals surface area contributed by atoms with E-state index in [1.54, 1.807) is 6.20 Å². The van der Waals surface area contributed by atoms with Crippen LogP contribution in [0.5, 0.6) is 0 Å². The fraction of sp³-hybridized carbons (Fsp3) is 0.583. The molecule has 0 amide bonds. The van der Waals surface area contributed by atoms with Gasteiger partial charge in [-0.3, -0.25) is 0 Å². The maximum Gasteiger partial charge on any atom is 0.147 e. The molecule has 0 aromatic carbocycles. The third-order valence-corrected chi connectivity index (χ3v) is 3.62. The van der Waals surface area contributed by atoms with Crippen molar-refractivity contribution in [1.82, 2.24) is 4.98 Å². The molecule has 1 saturated heterocycles. The molecule has 0 spiro atoms. The Labute approximate surface area is 102 Å². The summed E-state index contributed by atoms with van der Waals surface area (Å²) >= 11 is 6.18. The molecule has 0 aliphatic carbocycles. The van der Waals surface area contributed by atoms with Crippen LogP contribution in [0.4, 0.5) is 5.82 Å². The summed E-state index contributed by atoms with van der Waals surface area (Å²) in [6, 6.07) is 4.25. The van der Waals surface area contributed by atoms with Gasteiger partial charge in [-0.1, -0.05) is 11.6 Å². The lowest BCUT2D eigenvalue weighted by molar-refractivity contribution is 0.372. The lowest BCUT2D eigenvalue weighted by atomic mass is 9.93. The van der Waals surface area contributed by atoms with Crippen molar-refractivity contribution in [3.05, 3.63) is 23.4 Å². The highest BCUT2D eigenvalue weighted by Gasteiger charge is 2.26. The average Bonchev–Trinajstić information content (AvgIpc) is 2.31. The zero-order valence-electron chi connectivity index (χ0n) is 9.56. The Hall–Kier alpha value is -0.800. The van der Waals surface area contributed by atoms with Gasteiger partial charge in [0.1, 0.15) is 5.82 Å². The molecule has 1 aromatic rings. The summed E-state index contributed by atoms with van der Waals surface area (Å²) in [7, 11) is 0. The molecule has 2 N–H and O–H groups in total. The molecular weight excluding hydrogens is 222 g/mol. The van der Waals surface area contributed by atoms with Crippen LogP contribution in [-0.4, -0.2) is 24.1 Å². The number of anilines is 1. The molecule has 2 unspecified atom stereocenters. The molecule has 3 nitrogen and oxygen atoms in total. The SMILES string of the molecule is CC1CCC(CN)CN1c1ncccc1Cl. The minimum absolute atomic E-state index is 0.496. The molecule has 2 atom stereocenters. The van der Waals surface area contributed by atoms with Crippen molar-refractivity contribution >= 4 is 17.4 Å². The molecule has 4 heteroatoms. The number of pyridine rings is 1. The van der Waals surface area contributed by atoms with Crippen LogP contribution in [0.3, 0.4) is 0 Å². The monoisotopic (exact) mass is 239 g/mol. The van der Waals surface area contributed by atoms with Crippen molar-refractivity contribution in [2.75, 3.05) is 18.0 Å². The standard InChI is InChI=1S/C12H18ClN3/c1-9-4-5-10(7-14)8-16(9)12-11(13)3-2-6-15-12/h2-3,6,9-10H,4-5,7-8,14H2,1H3. The van der Waals surface area contributed by atoms with E-state index in [0.29, 0.717) is 12.0 Å². The van der Waals surface area contributed by atoms with Gasteiger partial charge in [-0.25, -0.2) is 4.98 Å². The van der Waals surface area contributed by atoms with E-state index >= 15 is 0 Å². The zero-order valence-corrected chi connectivity index (χ0v) is 10.3. The van der Waals surface area contributed by atoms with Crippen molar-refractivity contribution in [2.45, 2.75) is 25.8 Å². The van der Waals surface area contributed by atoms with Crippen LogP contribution >= 0.6 is 11.6 Å². The van der Waals surface area contributed by atoms with E-state index < -0.39 is 0 Å². The summed E-state index contributed by atoms with van der Waals surface area (Å²) in [5, 5.41) is 0.729. The molecule has 1 aliphatic heterocycles. The van der Waals surface area contributed by atoms with Gasteiger partial charge in [0.2, 0.25) is 0 Å². The highest BCUT2D eigenvalue weighted by atomic mass is 35.5. The van der Waals surface area contributed by atoms with E-state index in [9.17, 15) is 0 Å². The van der Waals surface area contributed by atoms with Gasteiger partial charge >= 0.3 is 0 Å². The maximum absolute atomic E-state index is 6.18. The van der Waals surface area contributed by atoms with Crippen LogP contribution in [0.2, 0.25) is 5.02 Å². The average molecular weight is 240 g/mol. The second kappa shape index (κ2) is 5.02. The molecule has 16 heavy (non-hydrogen) atoms. The summed E-state index contributed by atoms with van der Waals surface area (Å²) in [6.45, 7) is 3.93. The molecule has 88 valence electrons. The van der Waals surface area contributed by atoms with E-state index in [1.807, 2.05) is 12.1 Å². The highest BCUT2D eigenvalue weighted by Crippen LogP contribution is 2.30. The summed E-state index contributed by atoms with van der Waals surface area (Å²) in [5.41, 5.74) is 5.75. The maximum atomic E-state index is 6.18. The van der Waals surface area contributed by atoms with Gasteiger partial charge in [-0.15, -0.1) is 0 Å². The molecule has 1 fully saturated rings. The molecule has 0 saturated carbocycles. The van der Waals surface area contributed by atoms with E-state index in [0.717, 1.165) is 30.4 Å². The number of nitrogens with two attached hydrogens (primary N) is 1. The van der Waals surface area contributed by atoms with E-state index in [4.69, 9.17) is 17.3 Å². The first kappa shape index (κ1) is 11.7. The van der Waals surface area contributed by atoms with Crippen molar-refractivity contribution < 1.29 is 0 Å². The summed E-state index contributed by atoms with van der Waals surface area (Å²) in [5.74, 6) is 1.46. The summed E-state index contributed by atoms with van der Waals surface area (Å²) < 4.78 is 0. The van der Waals surface area contributed by atoms with E-state index in [2.05, 4.69) is 16.8 Å². The Bertz CT molecular complexity index is 356. The largest absolute Gasteiger partial charge is 0.352 e. The van der Waals surface area contributed by atoms with Crippen molar-refractivity contribution in [1.29, 1.82) is 0 Å². The fourth-order valence-corrected chi connectivity index (χ4v) is 2.49. The smallest absolute Gasteiger partial charge is 0.147 e. The lowest BCUT2D eigenvalue weighted by Gasteiger charge is -2.38. The van der Waals surface area contributed by atoms with Gasteiger partial charge in [0.25, 0.3) is 0 Å².